The van der Waals surface area contributed by atoms with E-state index in [1.54, 1.807) is 49.0 Å². The van der Waals surface area contributed by atoms with Crippen molar-refractivity contribution in [2.24, 2.45) is 0 Å². The van der Waals surface area contributed by atoms with Crippen molar-refractivity contribution in [2.75, 3.05) is 5.32 Å². The number of benzene rings is 1. The number of carbonyl (C=O) groups excluding carboxylic acids is 1. The SMILES string of the molecule is Cc1cc(NC(=O)[C@H](C)Sc2nccn2-c2cccc(F)c2)no1. The molecular formula is C16H15FN4O2S. The lowest BCUT2D eigenvalue weighted by Gasteiger charge is -2.12. The maximum atomic E-state index is 13.4. The maximum absolute atomic E-state index is 13.4. The van der Waals surface area contributed by atoms with Crippen LogP contribution in [-0.4, -0.2) is 25.9 Å². The van der Waals surface area contributed by atoms with Gasteiger partial charge in [-0.1, -0.05) is 23.0 Å². The van der Waals surface area contributed by atoms with Crippen LogP contribution >= 0.6 is 11.8 Å². The van der Waals surface area contributed by atoms with E-state index in [1.807, 2.05) is 0 Å². The van der Waals surface area contributed by atoms with E-state index in [0.717, 1.165) is 0 Å². The van der Waals surface area contributed by atoms with Crippen LogP contribution in [0, 0.1) is 12.7 Å². The van der Waals surface area contributed by atoms with Gasteiger partial charge in [0.15, 0.2) is 11.0 Å². The van der Waals surface area contributed by atoms with Crippen molar-refractivity contribution in [3.8, 4) is 5.69 Å². The van der Waals surface area contributed by atoms with Crippen LogP contribution in [0.15, 0.2) is 52.4 Å². The summed E-state index contributed by atoms with van der Waals surface area (Å²) in [5.74, 6) is 0.442. The van der Waals surface area contributed by atoms with Crippen LogP contribution in [0.1, 0.15) is 12.7 Å². The molecule has 1 aromatic carbocycles. The van der Waals surface area contributed by atoms with Crippen molar-refractivity contribution in [3.05, 3.63) is 54.3 Å². The third-order valence-corrected chi connectivity index (χ3v) is 4.30. The number of carbonyl (C=O) groups is 1. The molecule has 0 spiro atoms. The van der Waals surface area contributed by atoms with E-state index < -0.39 is 5.25 Å². The van der Waals surface area contributed by atoms with Crippen molar-refractivity contribution < 1.29 is 13.7 Å². The van der Waals surface area contributed by atoms with Crippen LogP contribution in [0.5, 0.6) is 0 Å². The van der Waals surface area contributed by atoms with Crippen molar-refractivity contribution in [2.45, 2.75) is 24.3 Å². The van der Waals surface area contributed by atoms with E-state index in [2.05, 4.69) is 15.5 Å². The number of anilines is 1. The van der Waals surface area contributed by atoms with E-state index in [9.17, 15) is 9.18 Å². The molecule has 24 heavy (non-hydrogen) atoms. The van der Waals surface area contributed by atoms with Gasteiger partial charge in [0.2, 0.25) is 5.91 Å². The van der Waals surface area contributed by atoms with Gasteiger partial charge in [-0.25, -0.2) is 9.37 Å². The van der Waals surface area contributed by atoms with Gasteiger partial charge in [-0.15, -0.1) is 0 Å². The lowest BCUT2D eigenvalue weighted by atomic mass is 10.3. The van der Waals surface area contributed by atoms with E-state index in [4.69, 9.17) is 4.52 Å². The highest BCUT2D eigenvalue weighted by molar-refractivity contribution is 8.00. The molecule has 3 aromatic rings. The Morgan fingerprint density at radius 1 is 1.42 bits per heavy atom. The molecule has 0 aliphatic carbocycles. The zero-order chi connectivity index (χ0) is 17.1. The van der Waals surface area contributed by atoms with Gasteiger partial charge in [0.25, 0.3) is 0 Å². The molecule has 1 N–H and O–H groups in total. The Bertz CT molecular complexity index is 861. The molecule has 0 unspecified atom stereocenters. The molecule has 0 saturated heterocycles. The quantitative estimate of drug-likeness (QED) is 0.717. The molecule has 2 heterocycles. The van der Waals surface area contributed by atoms with E-state index in [-0.39, 0.29) is 11.7 Å². The lowest BCUT2D eigenvalue weighted by Crippen LogP contribution is -2.23. The summed E-state index contributed by atoms with van der Waals surface area (Å²) in [6.07, 6.45) is 3.33. The Balaban J connectivity index is 1.72. The minimum Gasteiger partial charge on any atom is -0.360 e. The third-order valence-electron chi connectivity index (χ3n) is 3.22. The molecule has 0 aliphatic heterocycles. The monoisotopic (exact) mass is 346 g/mol. The average molecular weight is 346 g/mol. The van der Waals surface area contributed by atoms with Crippen LogP contribution in [0.3, 0.4) is 0 Å². The number of aromatic nitrogens is 3. The largest absolute Gasteiger partial charge is 0.360 e. The summed E-state index contributed by atoms with van der Waals surface area (Å²) >= 11 is 1.27. The summed E-state index contributed by atoms with van der Waals surface area (Å²) in [6, 6.07) is 7.83. The Labute approximate surface area is 142 Å². The molecule has 8 heteroatoms. The van der Waals surface area contributed by atoms with Crippen molar-refractivity contribution >= 4 is 23.5 Å². The molecule has 124 valence electrons. The minimum absolute atomic E-state index is 0.220. The van der Waals surface area contributed by atoms with Crippen LogP contribution in [0.2, 0.25) is 0 Å². The Morgan fingerprint density at radius 3 is 2.96 bits per heavy atom. The van der Waals surface area contributed by atoms with Gasteiger partial charge in [-0.05, 0) is 32.0 Å². The fourth-order valence-electron chi connectivity index (χ4n) is 2.06. The molecule has 2 aromatic heterocycles. The van der Waals surface area contributed by atoms with E-state index in [1.165, 1.54) is 23.9 Å². The van der Waals surface area contributed by atoms with Gasteiger partial charge in [0, 0.05) is 18.5 Å². The van der Waals surface area contributed by atoms with Gasteiger partial charge in [0.1, 0.15) is 11.6 Å². The molecule has 0 radical (unpaired) electrons. The van der Waals surface area contributed by atoms with Gasteiger partial charge < -0.3 is 9.84 Å². The van der Waals surface area contributed by atoms with Crippen molar-refractivity contribution in [1.29, 1.82) is 0 Å². The molecule has 0 bridgehead atoms. The Hall–Kier alpha value is -2.61. The number of hydrogen-bond donors (Lipinski definition) is 1. The normalized spacial score (nSPS) is 12.1. The molecule has 1 amide bonds. The predicted octanol–water partition coefficient (Wildman–Crippen LogP) is 3.43. The number of nitrogens with zero attached hydrogens (tertiary/aromatic N) is 3. The maximum Gasteiger partial charge on any atom is 0.238 e. The first-order chi connectivity index (χ1) is 11.5. The second-order valence-electron chi connectivity index (χ2n) is 5.13. The minimum atomic E-state index is -0.420. The molecule has 0 saturated carbocycles. The van der Waals surface area contributed by atoms with Crippen LogP contribution in [0.25, 0.3) is 5.69 Å². The second kappa shape index (κ2) is 6.88. The first kappa shape index (κ1) is 16.3. The van der Waals surface area contributed by atoms with Gasteiger partial charge in [-0.2, -0.15) is 0 Å². The highest BCUT2D eigenvalue weighted by atomic mass is 32.2. The molecule has 0 aliphatic rings. The highest BCUT2D eigenvalue weighted by Crippen LogP contribution is 2.25. The molecule has 6 nitrogen and oxygen atoms in total. The molecular weight excluding hydrogens is 331 g/mol. The Kier molecular flexibility index (Phi) is 4.66. The lowest BCUT2D eigenvalue weighted by molar-refractivity contribution is -0.115. The van der Waals surface area contributed by atoms with Gasteiger partial charge >= 0.3 is 0 Å². The van der Waals surface area contributed by atoms with E-state index >= 15 is 0 Å². The van der Waals surface area contributed by atoms with Crippen molar-refractivity contribution in [1.82, 2.24) is 14.7 Å². The number of thioether (sulfide) groups is 1. The number of rotatable bonds is 5. The van der Waals surface area contributed by atoms with Crippen molar-refractivity contribution in [3.63, 3.8) is 0 Å². The summed E-state index contributed by atoms with van der Waals surface area (Å²) in [5, 5.41) is 6.59. The number of halogens is 1. The number of imidazole rings is 1. The number of hydrogen-bond acceptors (Lipinski definition) is 5. The number of amides is 1. The number of aryl methyl sites for hydroxylation is 1. The number of nitrogens with one attached hydrogen (secondary N) is 1. The fourth-order valence-corrected chi connectivity index (χ4v) is 2.95. The van der Waals surface area contributed by atoms with Crippen LogP contribution in [0.4, 0.5) is 10.2 Å². The standard InChI is InChI=1S/C16H15FN4O2S/c1-10-8-14(20-23-10)19-15(22)11(2)24-16-18-6-7-21(16)13-5-3-4-12(17)9-13/h3-9,11H,1-2H3,(H,19,20,22)/t11-/m0/s1. The molecule has 1 atom stereocenters. The summed E-state index contributed by atoms with van der Waals surface area (Å²) in [6.45, 7) is 3.51. The van der Waals surface area contributed by atoms with Crippen LogP contribution < -0.4 is 5.32 Å². The average Bonchev–Trinajstić information content (AvgIpc) is 3.16. The van der Waals surface area contributed by atoms with Gasteiger partial charge in [0.05, 0.1) is 10.9 Å². The predicted molar refractivity (Wildman–Crippen MR) is 88.7 cm³/mol. The summed E-state index contributed by atoms with van der Waals surface area (Å²) in [4.78, 5) is 16.5. The first-order valence-corrected chi connectivity index (χ1v) is 8.11. The third kappa shape index (κ3) is 3.65. The fraction of sp³-hybridized carbons (Fsp3) is 0.188. The van der Waals surface area contributed by atoms with Crippen LogP contribution in [-0.2, 0) is 4.79 Å². The summed E-state index contributed by atoms with van der Waals surface area (Å²) in [7, 11) is 0. The van der Waals surface area contributed by atoms with Gasteiger partial charge in [-0.3, -0.25) is 9.36 Å². The smallest absolute Gasteiger partial charge is 0.238 e. The first-order valence-electron chi connectivity index (χ1n) is 7.23. The Morgan fingerprint density at radius 2 is 2.25 bits per heavy atom. The molecule has 0 fully saturated rings. The zero-order valence-electron chi connectivity index (χ0n) is 13.1. The van der Waals surface area contributed by atoms with E-state index in [0.29, 0.717) is 22.4 Å². The topological polar surface area (TPSA) is 73.0 Å². The highest BCUT2D eigenvalue weighted by Gasteiger charge is 2.19. The summed E-state index contributed by atoms with van der Waals surface area (Å²) < 4.78 is 20.1. The molecule has 3 rings (SSSR count). The zero-order valence-corrected chi connectivity index (χ0v) is 13.9. The summed E-state index contributed by atoms with van der Waals surface area (Å²) in [5.41, 5.74) is 0.648. The second-order valence-corrected chi connectivity index (χ2v) is 6.44.